The molecule has 10 heteroatoms. The Morgan fingerprint density at radius 2 is 1.92 bits per heavy atom. The fourth-order valence-electron chi connectivity index (χ4n) is 3.03. The van der Waals surface area contributed by atoms with E-state index in [1.54, 1.807) is 18.7 Å². The van der Waals surface area contributed by atoms with Gasteiger partial charge in [-0.25, -0.2) is 8.42 Å². The molecule has 150 valence electrons. The summed E-state index contributed by atoms with van der Waals surface area (Å²) in [6.45, 7) is 8.60. The zero-order chi connectivity index (χ0) is 18.8. The Bertz CT molecular complexity index is 702. The molecular formula is C16H29ClN4O4S. The van der Waals surface area contributed by atoms with Gasteiger partial charge in [0.05, 0.1) is 6.04 Å². The van der Waals surface area contributed by atoms with Gasteiger partial charge < -0.3 is 15.2 Å². The SMILES string of the molecule is CCC(C)C(N)C(=O)N1CCCN(S(=O)(=O)c2c(C)noc2C)CC1.Cl. The number of halogens is 1. The molecule has 0 radical (unpaired) electrons. The van der Waals surface area contributed by atoms with Crippen LogP contribution >= 0.6 is 12.4 Å². The number of carbonyl (C=O) groups excluding carboxylic acids is 1. The minimum atomic E-state index is -3.69. The van der Waals surface area contributed by atoms with E-state index in [-0.39, 0.29) is 41.4 Å². The number of nitrogens with zero attached hydrogens (tertiary/aromatic N) is 3. The molecule has 1 fully saturated rings. The number of hydrogen-bond acceptors (Lipinski definition) is 6. The zero-order valence-corrected chi connectivity index (χ0v) is 17.4. The summed E-state index contributed by atoms with van der Waals surface area (Å²) in [6, 6.07) is -0.546. The summed E-state index contributed by atoms with van der Waals surface area (Å²) in [5.74, 6) is 0.275. The summed E-state index contributed by atoms with van der Waals surface area (Å²) in [7, 11) is -3.69. The van der Waals surface area contributed by atoms with E-state index in [2.05, 4.69) is 5.16 Å². The Morgan fingerprint density at radius 3 is 2.46 bits per heavy atom. The molecule has 1 aliphatic heterocycles. The maximum Gasteiger partial charge on any atom is 0.248 e. The zero-order valence-electron chi connectivity index (χ0n) is 15.8. The quantitative estimate of drug-likeness (QED) is 0.786. The lowest BCUT2D eigenvalue weighted by molar-refractivity contribution is -0.133. The first-order valence-electron chi connectivity index (χ1n) is 8.67. The molecule has 0 saturated carbocycles. The van der Waals surface area contributed by atoms with E-state index >= 15 is 0 Å². The third-order valence-electron chi connectivity index (χ3n) is 4.87. The van der Waals surface area contributed by atoms with Crippen molar-refractivity contribution in [3.05, 3.63) is 11.5 Å². The summed E-state index contributed by atoms with van der Waals surface area (Å²) >= 11 is 0. The van der Waals surface area contributed by atoms with Crippen molar-refractivity contribution < 1.29 is 17.7 Å². The van der Waals surface area contributed by atoms with Gasteiger partial charge in [-0.15, -0.1) is 12.4 Å². The van der Waals surface area contributed by atoms with Crippen LogP contribution in [0.25, 0.3) is 0 Å². The Labute approximate surface area is 161 Å². The number of sulfonamides is 1. The van der Waals surface area contributed by atoms with Gasteiger partial charge in [-0.05, 0) is 26.2 Å². The van der Waals surface area contributed by atoms with Gasteiger partial charge in [0.25, 0.3) is 0 Å². The van der Waals surface area contributed by atoms with Crippen molar-refractivity contribution in [1.82, 2.24) is 14.4 Å². The predicted octanol–water partition coefficient (Wildman–Crippen LogP) is 1.31. The van der Waals surface area contributed by atoms with E-state index in [1.807, 2.05) is 13.8 Å². The topological polar surface area (TPSA) is 110 Å². The van der Waals surface area contributed by atoms with Crippen molar-refractivity contribution in [3.63, 3.8) is 0 Å². The Hall–Kier alpha value is -1.16. The molecule has 26 heavy (non-hydrogen) atoms. The molecule has 0 aliphatic carbocycles. The third kappa shape index (κ3) is 4.57. The molecule has 1 aromatic rings. The van der Waals surface area contributed by atoms with Crippen molar-refractivity contribution in [2.75, 3.05) is 26.2 Å². The van der Waals surface area contributed by atoms with Crippen molar-refractivity contribution >= 4 is 28.3 Å². The first-order chi connectivity index (χ1) is 11.7. The molecule has 1 saturated heterocycles. The second-order valence-corrected chi connectivity index (χ2v) is 8.52. The smallest absolute Gasteiger partial charge is 0.248 e. The number of rotatable bonds is 5. The van der Waals surface area contributed by atoms with Crippen molar-refractivity contribution in [1.29, 1.82) is 0 Å². The van der Waals surface area contributed by atoms with Crippen LogP contribution < -0.4 is 5.73 Å². The van der Waals surface area contributed by atoms with Gasteiger partial charge in [-0.1, -0.05) is 25.4 Å². The lowest BCUT2D eigenvalue weighted by atomic mass is 9.99. The highest BCUT2D eigenvalue weighted by Gasteiger charge is 2.34. The van der Waals surface area contributed by atoms with E-state index in [1.165, 1.54) is 4.31 Å². The second-order valence-electron chi connectivity index (χ2n) is 6.65. The molecular weight excluding hydrogens is 380 g/mol. The number of hydrogen-bond donors (Lipinski definition) is 1. The van der Waals surface area contributed by atoms with Crippen molar-refractivity contribution in [3.8, 4) is 0 Å². The fourth-order valence-corrected chi connectivity index (χ4v) is 4.80. The maximum atomic E-state index is 12.9. The molecule has 2 unspecified atom stereocenters. The molecule has 0 bridgehead atoms. The normalized spacial score (nSPS) is 18.7. The Kier molecular flexibility index (Phi) is 8.06. The number of amides is 1. The van der Waals surface area contributed by atoms with Crippen LogP contribution in [0.2, 0.25) is 0 Å². The minimum Gasteiger partial charge on any atom is -0.360 e. The van der Waals surface area contributed by atoms with Crippen LogP contribution in [0.1, 0.15) is 38.1 Å². The molecule has 1 aromatic heterocycles. The van der Waals surface area contributed by atoms with Gasteiger partial charge in [0.1, 0.15) is 10.6 Å². The van der Waals surface area contributed by atoms with Crippen molar-refractivity contribution in [2.24, 2.45) is 11.7 Å². The fraction of sp³-hybridized carbons (Fsp3) is 0.750. The van der Waals surface area contributed by atoms with Gasteiger partial charge in [-0.2, -0.15) is 4.31 Å². The molecule has 0 aromatic carbocycles. The highest BCUT2D eigenvalue weighted by molar-refractivity contribution is 7.89. The van der Waals surface area contributed by atoms with E-state index in [0.29, 0.717) is 31.7 Å². The number of carbonyl (C=O) groups is 1. The molecule has 2 rings (SSSR count). The standard InChI is InChI=1S/C16H28N4O4S.ClH/c1-5-11(2)14(17)16(21)19-7-6-8-20(10-9-19)25(22,23)15-12(3)18-24-13(15)4;/h11,14H,5-10,17H2,1-4H3;1H. The number of aromatic nitrogens is 1. The van der Waals surface area contributed by atoms with E-state index in [0.717, 1.165) is 6.42 Å². The van der Waals surface area contributed by atoms with Gasteiger partial charge in [0.2, 0.25) is 15.9 Å². The second kappa shape index (κ2) is 9.16. The summed E-state index contributed by atoms with van der Waals surface area (Å²) in [5.41, 5.74) is 6.40. The highest BCUT2D eigenvalue weighted by Crippen LogP contribution is 2.24. The molecule has 2 atom stereocenters. The molecule has 1 amide bonds. The minimum absolute atomic E-state index is 0. The molecule has 0 spiro atoms. The van der Waals surface area contributed by atoms with Gasteiger partial charge in [0.15, 0.2) is 5.76 Å². The van der Waals surface area contributed by atoms with Crippen LogP contribution in [0.4, 0.5) is 0 Å². The lowest BCUT2D eigenvalue weighted by Gasteiger charge is -2.27. The van der Waals surface area contributed by atoms with E-state index in [4.69, 9.17) is 10.3 Å². The monoisotopic (exact) mass is 408 g/mol. The number of nitrogens with two attached hydrogens (primary N) is 1. The average Bonchev–Trinajstić information content (AvgIpc) is 2.79. The first kappa shape index (κ1) is 22.9. The molecule has 1 aliphatic rings. The predicted molar refractivity (Wildman–Crippen MR) is 101 cm³/mol. The van der Waals surface area contributed by atoms with Crippen LogP contribution in [-0.2, 0) is 14.8 Å². The van der Waals surface area contributed by atoms with Crippen molar-refractivity contribution in [2.45, 2.75) is 51.5 Å². The Balaban J connectivity index is 0.00000338. The third-order valence-corrected chi connectivity index (χ3v) is 7.02. The highest BCUT2D eigenvalue weighted by atomic mass is 35.5. The lowest BCUT2D eigenvalue weighted by Crippen LogP contribution is -2.48. The summed E-state index contributed by atoms with van der Waals surface area (Å²) in [4.78, 5) is 14.4. The van der Waals surface area contributed by atoms with Gasteiger partial charge in [0, 0.05) is 26.2 Å². The van der Waals surface area contributed by atoms with E-state index < -0.39 is 16.1 Å². The van der Waals surface area contributed by atoms with Gasteiger partial charge >= 0.3 is 0 Å². The molecule has 2 heterocycles. The summed E-state index contributed by atoms with van der Waals surface area (Å²) < 4.78 is 32.2. The average molecular weight is 409 g/mol. The number of aryl methyl sites for hydroxylation is 2. The van der Waals surface area contributed by atoms with Crippen LogP contribution in [0.5, 0.6) is 0 Å². The summed E-state index contributed by atoms with van der Waals surface area (Å²) in [5, 5.41) is 3.73. The maximum absolute atomic E-state index is 12.9. The largest absolute Gasteiger partial charge is 0.360 e. The van der Waals surface area contributed by atoms with Crippen LogP contribution in [0, 0.1) is 19.8 Å². The first-order valence-corrected chi connectivity index (χ1v) is 10.1. The summed E-state index contributed by atoms with van der Waals surface area (Å²) in [6.07, 6.45) is 1.40. The molecule has 8 nitrogen and oxygen atoms in total. The van der Waals surface area contributed by atoms with Gasteiger partial charge in [-0.3, -0.25) is 4.79 Å². The molecule has 2 N–H and O–H groups in total. The van der Waals surface area contributed by atoms with Crippen LogP contribution in [0.15, 0.2) is 9.42 Å². The van der Waals surface area contributed by atoms with Crippen LogP contribution in [0.3, 0.4) is 0 Å². The van der Waals surface area contributed by atoms with Crippen LogP contribution in [-0.4, -0.2) is 60.9 Å². The van der Waals surface area contributed by atoms with E-state index in [9.17, 15) is 13.2 Å². The Morgan fingerprint density at radius 1 is 1.27 bits per heavy atom.